The van der Waals surface area contributed by atoms with E-state index in [-0.39, 0.29) is 11.9 Å². The van der Waals surface area contributed by atoms with Crippen molar-refractivity contribution in [2.24, 2.45) is 5.41 Å². The van der Waals surface area contributed by atoms with Crippen molar-refractivity contribution in [2.45, 2.75) is 18.5 Å². The van der Waals surface area contributed by atoms with Crippen LogP contribution in [0.3, 0.4) is 0 Å². The minimum atomic E-state index is -1.31. The number of amides is 1. The predicted molar refractivity (Wildman–Crippen MR) is 99.8 cm³/mol. The van der Waals surface area contributed by atoms with E-state index in [0.717, 1.165) is 16.9 Å². The Hall–Kier alpha value is -3.08. The van der Waals surface area contributed by atoms with Gasteiger partial charge in [-0.2, -0.15) is 0 Å². The average molecular weight is 348 g/mol. The number of nitrogens with one attached hydrogen (secondary N) is 1. The van der Waals surface area contributed by atoms with Crippen molar-refractivity contribution in [3.8, 4) is 0 Å². The topological polar surface area (TPSA) is 58.6 Å². The lowest BCUT2D eigenvalue weighted by atomic mass is 9.72. The number of benzene rings is 2. The lowest BCUT2D eigenvalue weighted by Crippen LogP contribution is -2.51. The van der Waals surface area contributed by atoms with Crippen molar-refractivity contribution < 1.29 is 14.3 Å². The minimum Gasteiger partial charge on any atom is -0.468 e. The third-order valence-corrected chi connectivity index (χ3v) is 5.42. The van der Waals surface area contributed by atoms with Crippen molar-refractivity contribution >= 4 is 23.3 Å². The number of hydrogen-bond donors (Lipinski definition) is 1. The molecule has 0 bridgehead atoms. The number of rotatable bonds is 3. The summed E-state index contributed by atoms with van der Waals surface area (Å²) in [4.78, 5) is 28.1. The maximum Gasteiger partial charge on any atom is 0.324 e. The Balaban J connectivity index is 1.99. The van der Waals surface area contributed by atoms with Crippen LogP contribution < -0.4 is 10.2 Å². The Morgan fingerprint density at radius 3 is 2.62 bits per heavy atom. The smallest absolute Gasteiger partial charge is 0.324 e. The zero-order valence-electron chi connectivity index (χ0n) is 14.5. The Bertz CT molecular complexity index is 880. The van der Waals surface area contributed by atoms with Gasteiger partial charge >= 0.3 is 5.97 Å². The van der Waals surface area contributed by atoms with E-state index in [1.807, 2.05) is 54.6 Å². The molecule has 26 heavy (non-hydrogen) atoms. The molecule has 5 heteroatoms. The quantitative estimate of drug-likeness (QED) is 0.525. The molecule has 2 heterocycles. The molecule has 1 saturated heterocycles. The molecule has 1 amide bonds. The zero-order chi connectivity index (χ0) is 18.3. The molecule has 3 atom stereocenters. The van der Waals surface area contributed by atoms with E-state index in [2.05, 4.69) is 16.8 Å². The van der Waals surface area contributed by atoms with Crippen LogP contribution in [0.2, 0.25) is 0 Å². The maximum atomic E-state index is 13.1. The molecule has 2 aliphatic rings. The van der Waals surface area contributed by atoms with Gasteiger partial charge in [0.25, 0.3) is 0 Å². The van der Waals surface area contributed by atoms with Gasteiger partial charge in [0.05, 0.1) is 13.2 Å². The predicted octanol–water partition coefficient (Wildman–Crippen LogP) is 3.30. The molecular weight excluding hydrogens is 328 g/mol. The molecule has 2 aliphatic heterocycles. The number of para-hydroxylation sites is 2. The summed E-state index contributed by atoms with van der Waals surface area (Å²) >= 11 is 0. The SMILES string of the molecule is C=C[C@@H]1C[C@]2(C(=O)OC)C(=O)Nc3ccccc3[C@@H]2N1c1ccccc1. The number of hydrogen-bond acceptors (Lipinski definition) is 4. The van der Waals surface area contributed by atoms with Gasteiger partial charge in [-0.05, 0) is 30.2 Å². The van der Waals surface area contributed by atoms with Crippen molar-refractivity contribution in [1.29, 1.82) is 0 Å². The highest BCUT2D eigenvalue weighted by Gasteiger charge is 2.64. The van der Waals surface area contributed by atoms with Crippen molar-refractivity contribution in [3.05, 3.63) is 72.8 Å². The molecule has 132 valence electrons. The van der Waals surface area contributed by atoms with Crippen molar-refractivity contribution in [1.82, 2.24) is 0 Å². The van der Waals surface area contributed by atoms with Crippen molar-refractivity contribution in [2.75, 3.05) is 17.3 Å². The Morgan fingerprint density at radius 1 is 1.23 bits per heavy atom. The second-order valence-corrected chi connectivity index (χ2v) is 6.66. The monoisotopic (exact) mass is 348 g/mol. The summed E-state index contributed by atoms with van der Waals surface area (Å²) in [6.07, 6.45) is 2.12. The van der Waals surface area contributed by atoms with Crippen LogP contribution in [0.5, 0.6) is 0 Å². The highest BCUT2D eigenvalue weighted by molar-refractivity contribution is 6.13. The third kappa shape index (κ3) is 2.10. The van der Waals surface area contributed by atoms with E-state index in [9.17, 15) is 9.59 Å². The van der Waals surface area contributed by atoms with Gasteiger partial charge in [-0.15, -0.1) is 6.58 Å². The van der Waals surface area contributed by atoms with Crippen LogP contribution in [0.15, 0.2) is 67.3 Å². The molecule has 0 aromatic heterocycles. The summed E-state index contributed by atoms with van der Waals surface area (Å²) in [5.41, 5.74) is 1.27. The number of carbonyl (C=O) groups excluding carboxylic acids is 2. The Morgan fingerprint density at radius 2 is 1.92 bits per heavy atom. The molecule has 4 rings (SSSR count). The van der Waals surface area contributed by atoms with Gasteiger partial charge in [-0.1, -0.05) is 42.5 Å². The largest absolute Gasteiger partial charge is 0.468 e. The number of methoxy groups -OCH3 is 1. The molecule has 5 nitrogen and oxygen atoms in total. The normalized spacial score (nSPS) is 26.5. The highest BCUT2D eigenvalue weighted by atomic mass is 16.5. The van der Waals surface area contributed by atoms with Crippen LogP contribution in [0.1, 0.15) is 18.0 Å². The Kier molecular flexibility index (Phi) is 3.80. The number of esters is 1. The van der Waals surface area contributed by atoms with Gasteiger partial charge in [0.2, 0.25) is 5.91 Å². The van der Waals surface area contributed by atoms with E-state index < -0.39 is 17.4 Å². The summed E-state index contributed by atoms with van der Waals surface area (Å²) in [6, 6.07) is 16.8. The molecule has 0 radical (unpaired) electrons. The van der Waals surface area contributed by atoms with Gasteiger partial charge in [-0.3, -0.25) is 9.59 Å². The van der Waals surface area contributed by atoms with Crippen LogP contribution in [0.25, 0.3) is 0 Å². The fraction of sp³-hybridized carbons (Fsp3) is 0.238. The Labute approximate surface area is 152 Å². The lowest BCUT2D eigenvalue weighted by molar-refractivity contribution is -0.158. The lowest BCUT2D eigenvalue weighted by Gasteiger charge is -2.40. The summed E-state index contributed by atoms with van der Waals surface area (Å²) < 4.78 is 5.10. The first-order valence-corrected chi connectivity index (χ1v) is 8.58. The third-order valence-electron chi connectivity index (χ3n) is 5.42. The fourth-order valence-corrected chi connectivity index (χ4v) is 4.29. The molecule has 0 saturated carbocycles. The van der Waals surface area contributed by atoms with Gasteiger partial charge in [-0.25, -0.2) is 0 Å². The number of nitrogens with zero attached hydrogens (tertiary/aromatic N) is 1. The first kappa shape index (κ1) is 16.4. The summed E-state index contributed by atoms with van der Waals surface area (Å²) in [7, 11) is 1.33. The van der Waals surface area contributed by atoms with Gasteiger partial charge < -0.3 is 15.0 Å². The number of anilines is 2. The molecule has 1 N–H and O–H groups in total. The van der Waals surface area contributed by atoms with Crippen LogP contribution >= 0.6 is 0 Å². The maximum absolute atomic E-state index is 13.1. The first-order chi connectivity index (χ1) is 12.6. The second kappa shape index (κ2) is 6.02. The number of fused-ring (bicyclic) bond motifs is 3. The standard InChI is InChI=1S/C21H20N2O3/c1-3-14-13-21(20(25)26-2)18(23(14)15-9-5-4-6-10-15)16-11-7-8-12-17(16)22-19(21)24/h3-12,14,18H,1,13H2,2H3,(H,22,24)/t14-,18+,21-/m1/s1. The number of carbonyl (C=O) groups is 2. The number of ether oxygens (including phenoxy) is 1. The van der Waals surface area contributed by atoms with Gasteiger partial charge in [0.15, 0.2) is 5.41 Å². The average Bonchev–Trinajstić information content (AvgIpc) is 3.05. The van der Waals surface area contributed by atoms with E-state index in [0.29, 0.717) is 6.42 Å². The molecule has 0 spiro atoms. The van der Waals surface area contributed by atoms with Crippen LogP contribution in [-0.2, 0) is 14.3 Å². The summed E-state index contributed by atoms with van der Waals surface area (Å²) in [5.74, 6) is -0.835. The van der Waals surface area contributed by atoms with Crippen LogP contribution in [-0.4, -0.2) is 25.0 Å². The summed E-state index contributed by atoms with van der Waals surface area (Å²) in [6.45, 7) is 3.95. The fourth-order valence-electron chi connectivity index (χ4n) is 4.29. The summed E-state index contributed by atoms with van der Waals surface area (Å²) in [5, 5.41) is 2.90. The van der Waals surface area contributed by atoms with E-state index in [4.69, 9.17) is 4.74 Å². The van der Waals surface area contributed by atoms with Crippen LogP contribution in [0.4, 0.5) is 11.4 Å². The molecule has 2 aromatic carbocycles. The highest BCUT2D eigenvalue weighted by Crippen LogP contribution is 2.56. The van der Waals surface area contributed by atoms with E-state index >= 15 is 0 Å². The van der Waals surface area contributed by atoms with E-state index in [1.165, 1.54) is 7.11 Å². The van der Waals surface area contributed by atoms with Crippen molar-refractivity contribution in [3.63, 3.8) is 0 Å². The molecule has 1 fully saturated rings. The second-order valence-electron chi connectivity index (χ2n) is 6.66. The van der Waals surface area contributed by atoms with E-state index in [1.54, 1.807) is 6.08 Å². The molecule has 2 aromatic rings. The molecule has 0 unspecified atom stereocenters. The van der Waals surface area contributed by atoms with Gasteiger partial charge in [0.1, 0.15) is 0 Å². The van der Waals surface area contributed by atoms with Crippen LogP contribution in [0, 0.1) is 5.41 Å². The zero-order valence-corrected chi connectivity index (χ0v) is 14.5. The minimum absolute atomic E-state index is 0.168. The molecular formula is C21H20N2O3. The van der Waals surface area contributed by atoms with Gasteiger partial charge in [0, 0.05) is 17.4 Å². The molecule has 0 aliphatic carbocycles. The first-order valence-electron chi connectivity index (χ1n) is 8.58.